The largest absolute Gasteiger partial charge is 0.348 e. The zero-order valence-electron chi connectivity index (χ0n) is 12.8. The number of benzene rings is 2. The van der Waals surface area contributed by atoms with Crippen molar-refractivity contribution in [3.05, 3.63) is 89.9 Å². The fraction of sp³-hybridized carbons (Fsp3) is 0.0526. The van der Waals surface area contributed by atoms with Crippen LogP contribution in [0.2, 0.25) is 0 Å². The van der Waals surface area contributed by atoms with Crippen LogP contribution < -0.4 is 5.32 Å². The van der Waals surface area contributed by atoms with Crippen molar-refractivity contribution >= 4 is 17.7 Å². The van der Waals surface area contributed by atoms with Crippen molar-refractivity contribution in [1.29, 1.82) is 0 Å². The van der Waals surface area contributed by atoms with Gasteiger partial charge in [0.25, 0.3) is 5.91 Å². The maximum Gasteiger partial charge on any atom is 0.254 e. The Hall–Kier alpha value is -2.66. The average molecular weight is 338 g/mol. The van der Waals surface area contributed by atoms with Gasteiger partial charge in [0.05, 0.1) is 5.56 Å². The second-order valence-electron chi connectivity index (χ2n) is 5.05. The Balaban J connectivity index is 1.74. The Morgan fingerprint density at radius 1 is 1.00 bits per heavy atom. The van der Waals surface area contributed by atoms with Crippen LogP contribution in [0.1, 0.15) is 15.9 Å². The molecule has 0 atom stereocenters. The zero-order chi connectivity index (χ0) is 16.8. The van der Waals surface area contributed by atoms with Crippen molar-refractivity contribution < 1.29 is 9.18 Å². The van der Waals surface area contributed by atoms with E-state index >= 15 is 0 Å². The van der Waals surface area contributed by atoms with E-state index in [0.29, 0.717) is 16.2 Å². The van der Waals surface area contributed by atoms with Crippen molar-refractivity contribution in [3.8, 4) is 0 Å². The van der Waals surface area contributed by atoms with Gasteiger partial charge in [-0.2, -0.15) is 0 Å². The maximum atomic E-state index is 13.6. The van der Waals surface area contributed by atoms with E-state index in [9.17, 15) is 9.18 Å². The lowest BCUT2D eigenvalue weighted by Crippen LogP contribution is -2.24. The number of carbonyl (C=O) groups is 1. The summed E-state index contributed by atoms with van der Waals surface area (Å²) in [7, 11) is 0. The third kappa shape index (κ3) is 4.00. The van der Waals surface area contributed by atoms with E-state index in [1.165, 1.54) is 17.8 Å². The van der Waals surface area contributed by atoms with Crippen LogP contribution in [0.25, 0.3) is 0 Å². The molecule has 0 aliphatic heterocycles. The summed E-state index contributed by atoms with van der Waals surface area (Å²) < 4.78 is 13.6. The molecule has 3 aromatic rings. The summed E-state index contributed by atoms with van der Waals surface area (Å²) in [5, 5.41) is 3.37. The van der Waals surface area contributed by atoms with Gasteiger partial charge in [-0.3, -0.25) is 4.79 Å². The van der Waals surface area contributed by atoms with Crippen molar-refractivity contribution in [1.82, 2.24) is 10.3 Å². The smallest absolute Gasteiger partial charge is 0.254 e. The van der Waals surface area contributed by atoms with E-state index in [1.54, 1.807) is 36.5 Å². The van der Waals surface area contributed by atoms with Crippen molar-refractivity contribution in [2.45, 2.75) is 16.5 Å². The van der Waals surface area contributed by atoms with E-state index in [1.807, 2.05) is 30.3 Å². The van der Waals surface area contributed by atoms with Gasteiger partial charge in [-0.1, -0.05) is 48.2 Å². The van der Waals surface area contributed by atoms with Crippen LogP contribution in [-0.4, -0.2) is 10.9 Å². The lowest BCUT2D eigenvalue weighted by atomic mass is 10.2. The molecule has 1 N–H and O–H groups in total. The minimum atomic E-state index is -0.331. The summed E-state index contributed by atoms with van der Waals surface area (Å²) in [5.41, 5.74) is 0.926. The molecule has 0 radical (unpaired) electrons. The van der Waals surface area contributed by atoms with Gasteiger partial charge in [-0.15, -0.1) is 0 Å². The predicted molar refractivity (Wildman–Crippen MR) is 92.4 cm³/mol. The molecule has 5 heteroatoms. The summed E-state index contributed by atoms with van der Waals surface area (Å²) in [5.74, 6) is -0.604. The minimum absolute atomic E-state index is 0.135. The van der Waals surface area contributed by atoms with Crippen LogP contribution in [0.3, 0.4) is 0 Å². The summed E-state index contributed by atoms with van der Waals surface area (Å²) >= 11 is 1.42. The van der Waals surface area contributed by atoms with Crippen LogP contribution in [0, 0.1) is 5.82 Å². The van der Waals surface area contributed by atoms with E-state index in [4.69, 9.17) is 0 Å². The maximum absolute atomic E-state index is 13.6. The molecule has 0 fully saturated rings. The fourth-order valence-corrected chi connectivity index (χ4v) is 3.06. The quantitative estimate of drug-likeness (QED) is 0.754. The van der Waals surface area contributed by atoms with Gasteiger partial charge in [-0.05, 0) is 30.3 Å². The summed E-state index contributed by atoms with van der Waals surface area (Å²) in [4.78, 5) is 17.7. The Bertz CT molecular complexity index is 840. The number of hydrogen-bond donors (Lipinski definition) is 1. The summed E-state index contributed by atoms with van der Waals surface area (Å²) in [6.45, 7) is 0.135. The average Bonchev–Trinajstić information content (AvgIpc) is 2.62. The molecule has 0 bridgehead atoms. The van der Waals surface area contributed by atoms with Crippen LogP contribution in [0.4, 0.5) is 4.39 Å². The first-order valence-corrected chi connectivity index (χ1v) is 8.25. The molecule has 2 aromatic carbocycles. The van der Waals surface area contributed by atoms with Gasteiger partial charge in [-0.25, -0.2) is 9.37 Å². The molecule has 0 aliphatic carbocycles. The number of pyridine rings is 1. The highest BCUT2D eigenvalue weighted by atomic mass is 32.2. The highest BCUT2D eigenvalue weighted by Crippen LogP contribution is 2.28. The van der Waals surface area contributed by atoms with Crippen LogP contribution in [-0.2, 0) is 6.54 Å². The van der Waals surface area contributed by atoms with Gasteiger partial charge in [0, 0.05) is 23.2 Å². The molecule has 24 heavy (non-hydrogen) atoms. The Labute approximate surface area is 143 Å². The molecule has 0 unspecified atom stereocenters. The predicted octanol–water partition coefficient (Wildman–Crippen LogP) is 4.30. The number of halogens is 1. The molecule has 3 rings (SSSR count). The molecule has 120 valence electrons. The van der Waals surface area contributed by atoms with E-state index in [-0.39, 0.29) is 18.3 Å². The fourth-order valence-electron chi connectivity index (χ4n) is 2.16. The normalized spacial score (nSPS) is 10.4. The van der Waals surface area contributed by atoms with E-state index in [2.05, 4.69) is 10.3 Å². The highest BCUT2D eigenvalue weighted by molar-refractivity contribution is 7.99. The van der Waals surface area contributed by atoms with Gasteiger partial charge in [0.2, 0.25) is 0 Å². The Morgan fingerprint density at radius 2 is 1.75 bits per heavy atom. The molecular weight excluding hydrogens is 323 g/mol. The van der Waals surface area contributed by atoms with Crippen molar-refractivity contribution in [2.24, 2.45) is 0 Å². The topological polar surface area (TPSA) is 42.0 Å². The minimum Gasteiger partial charge on any atom is -0.348 e. The second-order valence-corrected chi connectivity index (χ2v) is 6.11. The zero-order valence-corrected chi connectivity index (χ0v) is 13.6. The first-order chi connectivity index (χ1) is 11.7. The molecule has 0 saturated heterocycles. The second kappa shape index (κ2) is 7.75. The van der Waals surface area contributed by atoms with Crippen LogP contribution >= 0.6 is 11.8 Å². The van der Waals surface area contributed by atoms with Gasteiger partial charge < -0.3 is 5.32 Å². The number of aromatic nitrogens is 1. The van der Waals surface area contributed by atoms with Gasteiger partial charge in [0.15, 0.2) is 0 Å². The first kappa shape index (κ1) is 16.2. The number of hydrogen-bond acceptors (Lipinski definition) is 3. The number of nitrogens with zero attached hydrogens (tertiary/aromatic N) is 1. The highest BCUT2D eigenvalue weighted by Gasteiger charge is 2.13. The number of carbonyl (C=O) groups excluding carboxylic acids is 1. The lowest BCUT2D eigenvalue weighted by molar-refractivity contribution is 0.0947. The van der Waals surface area contributed by atoms with E-state index < -0.39 is 0 Å². The molecule has 0 aliphatic rings. The third-order valence-electron chi connectivity index (χ3n) is 3.37. The SMILES string of the molecule is O=C(NCc1ccccc1F)c1cccnc1Sc1ccccc1. The number of rotatable bonds is 5. The third-order valence-corrected chi connectivity index (χ3v) is 4.40. The van der Waals surface area contributed by atoms with Crippen LogP contribution in [0.5, 0.6) is 0 Å². The Kier molecular flexibility index (Phi) is 5.23. The molecule has 1 amide bonds. The monoisotopic (exact) mass is 338 g/mol. The van der Waals surface area contributed by atoms with Crippen LogP contribution in [0.15, 0.2) is 82.8 Å². The van der Waals surface area contributed by atoms with Crippen molar-refractivity contribution in [2.75, 3.05) is 0 Å². The standard InChI is InChI=1S/C19H15FN2OS/c20-17-11-5-4-7-14(17)13-22-18(23)16-10-6-12-21-19(16)24-15-8-2-1-3-9-15/h1-12H,13H2,(H,22,23). The molecule has 0 spiro atoms. The van der Waals surface area contributed by atoms with Gasteiger partial charge >= 0.3 is 0 Å². The molecule has 1 heterocycles. The molecular formula is C19H15FN2OS. The lowest BCUT2D eigenvalue weighted by Gasteiger charge is -2.09. The molecule has 3 nitrogen and oxygen atoms in total. The van der Waals surface area contributed by atoms with E-state index in [0.717, 1.165) is 4.90 Å². The molecule has 1 aromatic heterocycles. The number of nitrogens with one attached hydrogen (secondary N) is 1. The van der Waals surface area contributed by atoms with Gasteiger partial charge in [0.1, 0.15) is 10.8 Å². The molecule has 0 saturated carbocycles. The summed E-state index contributed by atoms with van der Waals surface area (Å²) in [6.07, 6.45) is 1.65. The first-order valence-electron chi connectivity index (χ1n) is 7.43. The van der Waals surface area contributed by atoms with Crippen molar-refractivity contribution in [3.63, 3.8) is 0 Å². The number of amides is 1. The Morgan fingerprint density at radius 3 is 2.54 bits per heavy atom. The summed E-state index contributed by atoms with van der Waals surface area (Å²) in [6, 6.07) is 19.5.